The SMILES string of the molecule is NCC(N/C=C(/C(N)=O)C(N)=Nc1ccnc(F)c1)C1CC1. The first-order chi connectivity index (χ1) is 10.5. The van der Waals surface area contributed by atoms with Gasteiger partial charge in [0.15, 0.2) is 0 Å². The van der Waals surface area contributed by atoms with Crippen molar-refractivity contribution < 1.29 is 9.18 Å². The fourth-order valence-electron chi connectivity index (χ4n) is 2.02. The fraction of sp³-hybridized carbons (Fsp3) is 0.357. The lowest BCUT2D eigenvalue weighted by molar-refractivity contribution is -0.114. The number of aromatic nitrogens is 1. The summed E-state index contributed by atoms with van der Waals surface area (Å²) in [7, 11) is 0. The zero-order valence-corrected chi connectivity index (χ0v) is 12.0. The van der Waals surface area contributed by atoms with Crippen molar-refractivity contribution in [2.24, 2.45) is 28.1 Å². The monoisotopic (exact) mass is 306 g/mol. The van der Waals surface area contributed by atoms with Gasteiger partial charge in [0, 0.05) is 31.0 Å². The molecule has 0 aliphatic heterocycles. The summed E-state index contributed by atoms with van der Waals surface area (Å²) in [6.45, 7) is 0.444. The summed E-state index contributed by atoms with van der Waals surface area (Å²) in [5.41, 5.74) is 17.0. The predicted molar refractivity (Wildman–Crippen MR) is 81.5 cm³/mol. The first-order valence-electron chi connectivity index (χ1n) is 6.93. The second-order valence-corrected chi connectivity index (χ2v) is 5.10. The van der Waals surface area contributed by atoms with Crippen molar-refractivity contribution in [2.75, 3.05) is 6.54 Å². The molecule has 1 aliphatic rings. The van der Waals surface area contributed by atoms with Crippen LogP contribution in [0.5, 0.6) is 0 Å². The molecule has 0 spiro atoms. The van der Waals surface area contributed by atoms with E-state index in [9.17, 15) is 9.18 Å². The summed E-state index contributed by atoms with van der Waals surface area (Å²) in [5, 5.41) is 3.06. The largest absolute Gasteiger partial charge is 0.386 e. The molecule has 1 fully saturated rings. The molecule has 1 atom stereocenters. The number of primary amides is 1. The molecule has 0 saturated heterocycles. The second kappa shape index (κ2) is 6.99. The maximum Gasteiger partial charge on any atom is 0.253 e. The van der Waals surface area contributed by atoms with E-state index in [0.29, 0.717) is 12.5 Å². The van der Waals surface area contributed by atoms with E-state index in [1.165, 1.54) is 18.5 Å². The third-order valence-corrected chi connectivity index (χ3v) is 3.39. The number of hydrogen-bond acceptors (Lipinski definition) is 5. The highest BCUT2D eigenvalue weighted by Gasteiger charge is 2.29. The van der Waals surface area contributed by atoms with Gasteiger partial charge in [0.1, 0.15) is 5.84 Å². The second-order valence-electron chi connectivity index (χ2n) is 5.10. The Morgan fingerprint density at radius 1 is 1.55 bits per heavy atom. The van der Waals surface area contributed by atoms with E-state index in [4.69, 9.17) is 17.2 Å². The average molecular weight is 306 g/mol. The van der Waals surface area contributed by atoms with E-state index in [0.717, 1.165) is 18.9 Å². The van der Waals surface area contributed by atoms with Gasteiger partial charge in [-0.05, 0) is 24.8 Å². The van der Waals surface area contributed by atoms with Crippen molar-refractivity contribution >= 4 is 17.4 Å². The zero-order valence-electron chi connectivity index (χ0n) is 12.0. The highest BCUT2D eigenvalue weighted by Crippen LogP contribution is 2.32. The quantitative estimate of drug-likeness (QED) is 0.242. The van der Waals surface area contributed by atoms with Gasteiger partial charge in [-0.25, -0.2) is 9.98 Å². The van der Waals surface area contributed by atoms with Gasteiger partial charge in [0.05, 0.1) is 11.3 Å². The topological polar surface area (TPSA) is 132 Å². The number of hydrogen-bond donors (Lipinski definition) is 4. The molecule has 1 amide bonds. The molecule has 0 radical (unpaired) electrons. The van der Waals surface area contributed by atoms with Crippen molar-refractivity contribution in [3.05, 3.63) is 36.1 Å². The van der Waals surface area contributed by atoms with Gasteiger partial charge in [-0.2, -0.15) is 4.39 Å². The van der Waals surface area contributed by atoms with Gasteiger partial charge in [0.2, 0.25) is 5.95 Å². The van der Waals surface area contributed by atoms with Crippen LogP contribution in [0.1, 0.15) is 12.8 Å². The number of amidine groups is 1. The summed E-state index contributed by atoms with van der Waals surface area (Å²) in [5.74, 6) is -1.01. The Labute approximate surface area is 127 Å². The Balaban J connectivity index is 2.17. The number of nitrogens with one attached hydrogen (secondary N) is 1. The lowest BCUT2D eigenvalue weighted by Crippen LogP contribution is -2.37. The molecule has 1 heterocycles. The van der Waals surface area contributed by atoms with Gasteiger partial charge in [-0.15, -0.1) is 0 Å². The van der Waals surface area contributed by atoms with Crippen molar-refractivity contribution in [3.8, 4) is 0 Å². The molecule has 0 aromatic carbocycles. The van der Waals surface area contributed by atoms with Crippen molar-refractivity contribution in [1.82, 2.24) is 10.3 Å². The number of carbonyl (C=O) groups is 1. The van der Waals surface area contributed by atoms with E-state index in [2.05, 4.69) is 15.3 Å². The lowest BCUT2D eigenvalue weighted by Gasteiger charge is -2.15. The summed E-state index contributed by atoms with van der Waals surface area (Å²) in [6.07, 6.45) is 4.89. The predicted octanol–water partition coefficient (Wildman–Crippen LogP) is -0.0945. The van der Waals surface area contributed by atoms with Crippen LogP contribution < -0.4 is 22.5 Å². The molecule has 0 bridgehead atoms. The maximum absolute atomic E-state index is 13.0. The van der Waals surface area contributed by atoms with E-state index in [-0.39, 0.29) is 23.1 Å². The fourth-order valence-corrected chi connectivity index (χ4v) is 2.02. The van der Waals surface area contributed by atoms with E-state index >= 15 is 0 Å². The summed E-state index contributed by atoms with van der Waals surface area (Å²) in [6, 6.07) is 2.64. The van der Waals surface area contributed by atoms with Crippen LogP contribution in [-0.2, 0) is 4.79 Å². The summed E-state index contributed by atoms with van der Waals surface area (Å²) < 4.78 is 13.0. The Morgan fingerprint density at radius 3 is 2.82 bits per heavy atom. The van der Waals surface area contributed by atoms with Crippen LogP contribution in [0, 0.1) is 11.9 Å². The minimum atomic E-state index is -0.727. The molecule has 22 heavy (non-hydrogen) atoms. The molecule has 118 valence electrons. The zero-order chi connectivity index (χ0) is 16.1. The van der Waals surface area contributed by atoms with Crippen LogP contribution in [-0.4, -0.2) is 29.3 Å². The van der Waals surface area contributed by atoms with Crippen LogP contribution in [0.15, 0.2) is 35.1 Å². The van der Waals surface area contributed by atoms with Gasteiger partial charge in [-0.3, -0.25) is 4.79 Å². The smallest absolute Gasteiger partial charge is 0.253 e. The molecular formula is C14H19FN6O. The van der Waals surface area contributed by atoms with Gasteiger partial charge in [-0.1, -0.05) is 0 Å². The number of rotatable bonds is 7. The summed E-state index contributed by atoms with van der Waals surface area (Å²) >= 11 is 0. The number of carbonyl (C=O) groups excluding carboxylic acids is 1. The molecule has 1 aliphatic carbocycles. The van der Waals surface area contributed by atoms with Gasteiger partial charge < -0.3 is 22.5 Å². The minimum absolute atomic E-state index is 0.0244. The molecule has 1 saturated carbocycles. The molecular weight excluding hydrogens is 287 g/mol. The van der Waals surface area contributed by atoms with Gasteiger partial charge >= 0.3 is 0 Å². The number of halogens is 1. The first-order valence-corrected chi connectivity index (χ1v) is 6.93. The maximum atomic E-state index is 13.0. The number of amides is 1. The highest BCUT2D eigenvalue weighted by atomic mass is 19.1. The first kappa shape index (κ1) is 15.9. The van der Waals surface area contributed by atoms with Crippen LogP contribution in [0.25, 0.3) is 0 Å². The van der Waals surface area contributed by atoms with E-state index < -0.39 is 11.9 Å². The van der Waals surface area contributed by atoms with E-state index in [1.54, 1.807) is 0 Å². The number of nitrogens with two attached hydrogens (primary N) is 3. The van der Waals surface area contributed by atoms with Gasteiger partial charge in [0.25, 0.3) is 5.91 Å². The van der Waals surface area contributed by atoms with Crippen LogP contribution in [0.2, 0.25) is 0 Å². The minimum Gasteiger partial charge on any atom is -0.386 e. The molecule has 1 aromatic heterocycles. The average Bonchev–Trinajstić information content (AvgIpc) is 3.27. The molecule has 1 unspecified atom stereocenters. The van der Waals surface area contributed by atoms with Crippen molar-refractivity contribution in [1.29, 1.82) is 0 Å². The molecule has 7 N–H and O–H groups in total. The highest BCUT2D eigenvalue weighted by molar-refractivity contribution is 6.20. The number of nitrogens with zero attached hydrogens (tertiary/aromatic N) is 2. The van der Waals surface area contributed by atoms with Crippen molar-refractivity contribution in [3.63, 3.8) is 0 Å². The van der Waals surface area contributed by atoms with Crippen LogP contribution in [0.4, 0.5) is 10.1 Å². The number of aliphatic imine (C=N–C) groups is 1. The Morgan fingerprint density at radius 2 is 2.27 bits per heavy atom. The normalized spacial score (nSPS) is 17.2. The molecule has 1 aromatic rings. The van der Waals surface area contributed by atoms with Crippen molar-refractivity contribution in [2.45, 2.75) is 18.9 Å². The molecule has 7 nitrogen and oxygen atoms in total. The Kier molecular flexibility index (Phi) is 5.05. The third-order valence-electron chi connectivity index (χ3n) is 3.39. The van der Waals surface area contributed by atoms with Crippen LogP contribution >= 0.6 is 0 Å². The third kappa shape index (κ3) is 4.26. The van der Waals surface area contributed by atoms with Crippen LogP contribution in [0.3, 0.4) is 0 Å². The summed E-state index contributed by atoms with van der Waals surface area (Å²) in [4.78, 5) is 18.9. The van der Waals surface area contributed by atoms with E-state index in [1.807, 2.05) is 0 Å². The standard InChI is InChI=1S/C14H19FN6O/c15-12-5-9(3-4-19-12)21-13(17)10(14(18)22)7-20-11(6-16)8-1-2-8/h3-5,7-8,11,20H,1-2,6,16H2,(H2,18,22)(H2,17,19,21)/b10-7+. The molecule has 2 rings (SSSR count). The lowest BCUT2D eigenvalue weighted by atomic mass is 10.2. The Hall–Kier alpha value is -2.48. The Bertz CT molecular complexity index is 611. The molecule has 8 heteroatoms. The number of pyridine rings is 1.